The Bertz CT molecular complexity index is 1070. The van der Waals surface area contributed by atoms with Crippen LogP contribution in [0.15, 0.2) is 60.0 Å². The fraction of sp³-hybridized carbons (Fsp3) is 0.182. The molecule has 3 aromatic rings. The lowest BCUT2D eigenvalue weighted by atomic mass is 10.1. The molecular weight excluding hydrogens is 425 g/mol. The van der Waals surface area contributed by atoms with Crippen LogP contribution in [0.2, 0.25) is 5.02 Å². The van der Waals surface area contributed by atoms with Gasteiger partial charge in [0.2, 0.25) is 0 Å². The molecule has 1 aromatic heterocycles. The van der Waals surface area contributed by atoms with Crippen LogP contribution in [-0.4, -0.2) is 24.9 Å². The second-order valence-electron chi connectivity index (χ2n) is 6.90. The Balaban J connectivity index is 1.44. The first-order chi connectivity index (χ1) is 14.5. The minimum Gasteiger partial charge on any atom is -0.361 e. The number of rotatable bonds is 5. The SMILES string of the molecule is O=C(NCC(c1cccs1)N1CCc2ccccc21)C(=O)Nc1ccc(F)c(Cl)c1. The summed E-state index contributed by atoms with van der Waals surface area (Å²) in [6.45, 7) is 1.13. The van der Waals surface area contributed by atoms with E-state index in [0.717, 1.165) is 29.6 Å². The Kier molecular flexibility index (Phi) is 6.01. The number of thiophene rings is 1. The van der Waals surface area contributed by atoms with Gasteiger partial charge >= 0.3 is 11.8 Å². The summed E-state index contributed by atoms with van der Waals surface area (Å²) in [7, 11) is 0. The van der Waals surface area contributed by atoms with Gasteiger partial charge in [-0.15, -0.1) is 11.3 Å². The molecule has 0 saturated carbocycles. The Morgan fingerprint density at radius 2 is 1.97 bits per heavy atom. The molecule has 30 heavy (non-hydrogen) atoms. The number of hydrogen-bond acceptors (Lipinski definition) is 4. The fourth-order valence-corrected chi connectivity index (χ4v) is 4.58. The Labute approximate surface area is 182 Å². The number of halogens is 2. The van der Waals surface area contributed by atoms with Crippen molar-refractivity contribution < 1.29 is 14.0 Å². The normalized spacial score (nSPS) is 13.6. The van der Waals surface area contributed by atoms with Crippen molar-refractivity contribution in [2.45, 2.75) is 12.5 Å². The van der Waals surface area contributed by atoms with Gasteiger partial charge in [-0.25, -0.2) is 4.39 Å². The molecule has 2 N–H and O–H groups in total. The van der Waals surface area contributed by atoms with Crippen LogP contribution in [0.4, 0.5) is 15.8 Å². The van der Waals surface area contributed by atoms with Crippen molar-refractivity contribution in [1.82, 2.24) is 5.32 Å². The molecule has 0 saturated heterocycles. The van der Waals surface area contributed by atoms with Crippen molar-refractivity contribution in [3.05, 3.63) is 81.3 Å². The van der Waals surface area contributed by atoms with Crippen LogP contribution in [0, 0.1) is 5.82 Å². The summed E-state index contributed by atoms with van der Waals surface area (Å²) in [4.78, 5) is 28.0. The van der Waals surface area contributed by atoms with Gasteiger partial charge in [-0.2, -0.15) is 0 Å². The summed E-state index contributed by atoms with van der Waals surface area (Å²) >= 11 is 7.33. The number of carbonyl (C=O) groups is 2. The van der Waals surface area contributed by atoms with Crippen LogP contribution in [0.5, 0.6) is 0 Å². The first-order valence-electron chi connectivity index (χ1n) is 9.45. The smallest absolute Gasteiger partial charge is 0.313 e. The quantitative estimate of drug-likeness (QED) is 0.574. The van der Waals surface area contributed by atoms with Gasteiger partial charge in [-0.1, -0.05) is 35.9 Å². The van der Waals surface area contributed by atoms with Gasteiger partial charge in [0.15, 0.2) is 0 Å². The van der Waals surface area contributed by atoms with Gasteiger partial charge in [0.25, 0.3) is 0 Å². The van der Waals surface area contributed by atoms with Crippen molar-refractivity contribution in [3.8, 4) is 0 Å². The van der Waals surface area contributed by atoms with Crippen LogP contribution in [-0.2, 0) is 16.0 Å². The minimum absolute atomic E-state index is 0.0781. The monoisotopic (exact) mass is 443 g/mol. The molecule has 0 spiro atoms. The maximum absolute atomic E-state index is 13.3. The molecule has 0 aliphatic carbocycles. The molecule has 0 radical (unpaired) electrons. The highest BCUT2D eigenvalue weighted by molar-refractivity contribution is 7.10. The zero-order valence-corrected chi connectivity index (χ0v) is 17.5. The van der Waals surface area contributed by atoms with E-state index in [1.165, 1.54) is 17.7 Å². The molecule has 1 aliphatic heterocycles. The third kappa shape index (κ3) is 4.32. The van der Waals surface area contributed by atoms with Gasteiger partial charge in [-0.05, 0) is 47.7 Å². The molecule has 8 heteroatoms. The van der Waals surface area contributed by atoms with E-state index in [1.54, 1.807) is 11.3 Å². The Morgan fingerprint density at radius 1 is 1.13 bits per heavy atom. The van der Waals surface area contributed by atoms with Crippen LogP contribution in [0.1, 0.15) is 16.5 Å². The van der Waals surface area contributed by atoms with Gasteiger partial charge in [0, 0.05) is 29.3 Å². The molecule has 154 valence electrons. The van der Waals surface area contributed by atoms with Crippen LogP contribution in [0.3, 0.4) is 0 Å². The van der Waals surface area contributed by atoms with E-state index in [2.05, 4.69) is 27.7 Å². The van der Waals surface area contributed by atoms with E-state index in [4.69, 9.17) is 11.6 Å². The molecule has 0 fully saturated rings. The minimum atomic E-state index is -0.829. The number of nitrogens with one attached hydrogen (secondary N) is 2. The number of amides is 2. The zero-order valence-electron chi connectivity index (χ0n) is 15.9. The summed E-state index contributed by atoms with van der Waals surface area (Å²) < 4.78 is 13.3. The summed E-state index contributed by atoms with van der Waals surface area (Å²) in [6.07, 6.45) is 0.942. The summed E-state index contributed by atoms with van der Waals surface area (Å²) in [5, 5.41) is 7.04. The number of nitrogens with zero attached hydrogens (tertiary/aromatic N) is 1. The standard InChI is InChI=1S/C22H19ClFN3O2S/c23-16-12-15(7-8-17(16)24)26-22(29)21(28)25-13-19(20-6-3-11-30-20)27-10-9-14-4-1-2-5-18(14)27/h1-8,11-12,19H,9-10,13H2,(H,25,28)(H,26,29). The van der Waals surface area contributed by atoms with E-state index in [-0.39, 0.29) is 23.3 Å². The van der Waals surface area contributed by atoms with Crippen LogP contribution < -0.4 is 15.5 Å². The molecule has 1 aliphatic rings. The predicted octanol–water partition coefficient (Wildman–Crippen LogP) is 4.40. The number of hydrogen-bond donors (Lipinski definition) is 2. The topological polar surface area (TPSA) is 61.4 Å². The lowest BCUT2D eigenvalue weighted by Gasteiger charge is -2.30. The van der Waals surface area contributed by atoms with Gasteiger partial charge in [0.05, 0.1) is 11.1 Å². The molecule has 2 heterocycles. The molecular formula is C22H19ClFN3O2S. The number of fused-ring (bicyclic) bond motifs is 1. The second-order valence-corrected chi connectivity index (χ2v) is 8.28. The van der Waals surface area contributed by atoms with E-state index in [9.17, 15) is 14.0 Å². The van der Waals surface area contributed by atoms with Crippen molar-refractivity contribution in [1.29, 1.82) is 0 Å². The first kappa shape index (κ1) is 20.4. The molecule has 2 amide bonds. The summed E-state index contributed by atoms with van der Waals surface area (Å²) in [5.41, 5.74) is 2.68. The predicted molar refractivity (Wildman–Crippen MR) is 118 cm³/mol. The van der Waals surface area contributed by atoms with Crippen molar-refractivity contribution in [2.75, 3.05) is 23.3 Å². The lowest BCUT2D eigenvalue weighted by molar-refractivity contribution is -0.136. The van der Waals surface area contributed by atoms with Gasteiger partial charge in [0.1, 0.15) is 5.82 Å². The van der Waals surface area contributed by atoms with Crippen LogP contribution in [0.25, 0.3) is 0 Å². The van der Waals surface area contributed by atoms with E-state index in [1.807, 2.05) is 29.6 Å². The fourth-order valence-electron chi connectivity index (χ4n) is 3.56. The summed E-state index contributed by atoms with van der Waals surface area (Å²) in [6, 6.07) is 15.9. The number of carbonyl (C=O) groups excluding carboxylic acids is 2. The highest BCUT2D eigenvalue weighted by Crippen LogP contribution is 2.36. The van der Waals surface area contributed by atoms with Crippen molar-refractivity contribution >= 4 is 46.1 Å². The van der Waals surface area contributed by atoms with Crippen LogP contribution >= 0.6 is 22.9 Å². The second kappa shape index (κ2) is 8.85. The number of anilines is 2. The highest BCUT2D eigenvalue weighted by Gasteiger charge is 2.28. The third-order valence-electron chi connectivity index (χ3n) is 5.01. The Morgan fingerprint density at radius 3 is 2.73 bits per heavy atom. The maximum atomic E-state index is 13.3. The molecule has 4 rings (SSSR count). The van der Waals surface area contributed by atoms with Gasteiger partial charge < -0.3 is 15.5 Å². The average Bonchev–Trinajstić information content (AvgIpc) is 3.42. The van der Waals surface area contributed by atoms with Crippen molar-refractivity contribution in [3.63, 3.8) is 0 Å². The van der Waals surface area contributed by atoms with Crippen molar-refractivity contribution in [2.24, 2.45) is 0 Å². The summed E-state index contributed by atoms with van der Waals surface area (Å²) in [5.74, 6) is -2.18. The maximum Gasteiger partial charge on any atom is 0.313 e. The molecule has 1 atom stereocenters. The number of benzene rings is 2. The lowest BCUT2D eigenvalue weighted by Crippen LogP contribution is -2.41. The zero-order chi connectivity index (χ0) is 21.1. The van der Waals surface area contributed by atoms with E-state index in [0.29, 0.717) is 0 Å². The number of para-hydroxylation sites is 1. The molecule has 1 unspecified atom stereocenters. The first-order valence-corrected chi connectivity index (χ1v) is 10.7. The molecule has 2 aromatic carbocycles. The molecule has 0 bridgehead atoms. The molecule has 5 nitrogen and oxygen atoms in total. The largest absolute Gasteiger partial charge is 0.361 e. The van der Waals surface area contributed by atoms with E-state index >= 15 is 0 Å². The highest BCUT2D eigenvalue weighted by atomic mass is 35.5. The third-order valence-corrected chi connectivity index (χ3v) is 6.27. The average molecular weight is 444 g/mol. The van der Waals surface area contributed by atoms with E-state index < -0.39 is 17.6 Å². The van der Waals surface area contributed by atoms with Gasteiger partial charge in [-0.3, -0.25) is 9.59 Å². The Hall–Kier alpha value is -2.90.